The number of likely N-dealkylation sites (tertiary alicyclic amines) is 1. The Bertz CT molecular complexity index is 1660. The van der Waals surface area contributed by atoms with Crippen molar-refractivity contribution >= 4 is 40.9 Å². The highest BCUT2D eigenvalue weighted by atomic mass is 19.1. The van der Waals surface area contributed by atoms with Crippen LogP contribution in [0.3, 0.4) is 0 Å². The van der Waals surface area contributed by atoms with E-state index in [9.17, 15) is 9.18 Å². The lowest BCUT2D eigenvalue weighted by atomic mass is 10.1. The Morgan fingerprint density at radius 1 is 0.911 bits per heavy atom. The summed E-state index contributed by atoms with van der Waals surface area (Å²) in [6.07, 6.45) is 4.76. The van der Waals surface area contributed by atoms with Gasteiger partial charge in [-0.15, -0.1) is 0 Å². The zero-order valence-corrected chi connectivity index (χ0v) is 25.3. The van der Waals surface area contributed by atoms with Gasteiger partial charge in [0.2, 0.25) is 17.8 Å². The number of hydrogen-bond acceptors (Lipinski definition) is 10. The Hall–Kier alpha value is -4.90. The summed E-state index contributed by atoms with van der Waals surface area (Å²) in [5.74, 6) is 0.0783. The molecule has 0 radical (unpaired) electrons. The number of hydrogen-bond donors (Lipinski definition) is 3. The summed E-state index contributed by atoms with van der Waals surface area (Å²) < 4.78 is 18.8. The number of aromatic nitrogens is 3. The van der Waals surface area contributed by atoms with Crippen molar-refractivity contribution in [3.8, 4) is 0 Å². The number of fused-ring (bicyclic) bond motifs is 1. The molecule has 1 aromatic heterocycles. The molecule has 1 fully saturated rings. The fourth-order valence-corrected chi connectivity index (χ4v) is 5.67. The molecular weight excluding hydrogens is 571 g/mol. The maximum absolute atomic E-state index is 13.7. The van der Waals surface area contributed by atoms with Gasteiger partial charge >= 0.3 is 5.97 Å². The molecule has 4 aromatic rings. The fourth-order valence-electron chi connectivity index (χ4n) is 5.67. The number of esters is 1. The van der Waals surface area contributed by atoms with Gasteiger partial charge in [0.1, 0.15) is 11.9 Å². The van der Waals surface area contributed by atoms with Crippen molar-refractivity contribution in [1.29, 1.82) is 0 Å². The van der Waals surface area contributed by atoms with E-state index < -0.39 is 12.0 Å². The zero-order valence-electron chi connectivity index (χ0n) is 25.3. The molecular formula is C34H37FN8O2. The van der Waals surface area contributed by atoms with Crippen LogP contribution in [0.2, 0.25) is 0 Å². The van der Waals surface area contributed by atoms with E-state index in [4.69, 9.17) is 4.74 Å². The molecule has 0 saturated carbocycles. The summed E-state index contributed by atoms with van der Waals surface area (Å²) in [5, 5.41) is 9.74. The molecule has 1 atom stereocenters. The predicted octanol–water partition coefficient (Wildman–Crippen LogP) is 5.68. The highest BCUT2D eigenvalue weighted by Gasteiger charge is 2.22. The second-order valence-corrected chi connectivity index (χ2v) is 11.4. The number of carbonyl (C=O) groups excluding carboxylic acids is 1. The number of carbonyl (C=O) groups is 1. The molecule has 45 heavy (non-hydrogen) atoms. The minimum Gasteiger partial charge on any atom is -0.467 e. The molecule has 3 aromatic carbocycles. The summed E-state index contributed by atoms with van der Waals surface area (Å²) in [6.45, 7) is 3.48. The van der Waals surface area contributed by atoms with Gasteiger partial charge in [-0.2, -0.15) is 15.0 Å². The summed E-state index contributed by atoms with van der Waals surface area (Å²) >= 11 is 0. The molecule has 0 spiro atoms. The SMILES string of the molecule is COC(=O)[C@H](Cc1ccccc1)Nc1nc(NCC2=Nc3cc(F)ccc3C2)nc(Nc2cccc(CN3CCCCC3)c2)n1. The molecule has 3 N–H and O–H groups in total. The first-order valence-corrected chi connectivity index (χ1v) is 15.3. The highest BCUT2D eigenvalue weighted by molar-refractivity contribution is 5.96. The van der Waals surface area contributed by atoms with Crippen LogP contribution in [-0.4, -0.2) is 64.3 Å². The Balaban J connectivity index is 1.23. The number of benzene rings is 3. The quantitative estimate of drug-likeness (QED) is 0.175. The van der Waals surface area contributed by atoms with E-state index in [2.05, 4.69) is 52.9 Å². The molecule has 3 heterocycles. The Morgan fingerprint density at radius 3 is 2.51 bits per heavy atom. The molecule has 0 aliphatic carbocycles. The maximum atomic E-state index is 13.7. The Labute approximate surface area is 262 Å². The fraction of sp³-hybridized carbons (Fsp3) is 0.324. The van der Waals surface area contributed by atoms with Crippen LogP contribution in [0.15, 0.2) is 77.8 Å². The average Bonchev–Trinajstić information content (AvgIpc) is 3.46. The van der Waals surface area contributed by atoms with Gasteiger partial charge in [0.25, 0.3) is 0 Å². The molecule has 0 unspecified atom stereocenters. The molecule has 232 valence electrons. The zero-order chi connectivity index (χ0) is 31.0. The van der Waals surface area contributed by atoms with Crippen molar-refractivity contribution in [2.75, 3.05) is 42.7 Å². The predicted molar refractivity (Wildman–Crippen MR) is 174 cm³/mol. The molecule has 1 saturated heterocycles. The van der Waals surface area contributed by atoms with Crippen molar-refractivity contribution in [2.24, 2.45) is 4.99 Å². The number of halogens is 1. The largest absolute Gasteiger partial charge is 0.467 e. The maximum Gasteiger partial charge on any atom is 0.328 e. The second kappa shape index (κ2) is 14.3. The molecule has 6 rings (SSSR count). The summed E-state index contributed by atoms with van der Waals surface area (Å²) in [6, 6.07) is 21.8. The van der Waals surface area contributed by atoms with Crippen molar-refractivity contribution in [3.63, 3.8) is 0 Å². The van der Waals surface area contributed by atoms with Crippen molar-refractivity contribution in [3.05, 3.63) is 95.3 Å². The first kappa shape index (κ1) is 30.1. The molecule has 2 aliphatic heterocycles. The standard InChI is InChI=1S/C34H37FN8O2/c1-45-31(44)30(18-23-9-4-2-5-10-23)39-34-41-32(36-21-28-19-25-13-14-26(35)20-29(25)37-28)40-33(42-34)38-27-12-8-11-24(17-27)22-43-15-6-3-7-16-43/h2,4-5,8-14,17,20,30H,3,6-7,15-16,18-19,21-22H2,1H3,(H3,36,38,39,40,41,42)/t30-/m0/s1. The number of anilines is 4. The molecule has 2 aliphatic rings. The monoisotopic (exact) mass is 608 g/mol. The third-order valence-corrected chi connectivity index (χ3v) is 7.92. The van der Waals surface area contributed by atoms with Gasteiger partial charge in [-0.1, -0.05) is 55.0 Å². The van der Waals surface area contributed by atoms with Gasteiger partial charge in [0.05, 0.1) is 19.3 Å². The van der Waals surface area contributed by atoms with Crippen molar-refractivity contribution < 1.29 is 13.9 Å². The van der Waals surface area contributed by atoms with Crippen LogP contribution < -0.4 is 16.0 Å². The van der Waals surface area contributed by atoms with Crippen LogP contribution in [0.1, 0.15) is 36.0 Å². The van der Waals surface area contributed by atoms with Crippen molar-refractivity contribution in [1.82, 2.24) is 19.9 Å². The van der Waals surface area contributed by atoms with E-state index in [1.54, 1.807) is 6.07 Å². The van der Waals surface area contributed by atoms with Gasteiger partial charge in [0, 0.05) is 30.8 Å². The topological polar surface area (TPSA) is 117 Å². The number of piperidine rings is 1. The van der Waals surface area contributed by atoms with E-state index in [1.165, 1.54) is 44.1 Å². The smallest absolute Gasteiger partial charge is 0.328 e. The van der Waals surface area contributed by atoms with E-state index in [1.807, 2.05) is 42.5 Å². The number of methoxy groups -OCH3 is 1. The van der Waals surface area contributed by atoms with Crippen LogP contribution in [0.25, 0.3) is 0 Å². The third-order valence-electron chi connectivity index (χ3n) is 7.92. The average molecular weight is 609 g/mol. The van der Waals surface area contributed by atoms with Gasteiger partial charge < -0.3 is 20.7 Å². The minimum atomic E-state index is -0.725. The van der Waals surface area contributed by atoms with Crippen LogP contribution in [0.4, 0.5) is 33.6 Å². The van der Waals surface area contributed by atoms with Crippen LogP contribution in [0, 0.1) is 5.82 Å². The highest BCUT2D eigenvalue weighted by Crippen LogP contribution is 2.27. The lowest BCUT2D eigenvalue weighted by Crippen LogP contribution is -2.34. The van der Waals surface area contributed by atoms with E-state index in [-0.39, 0.29) is 11.8 Å². The third kappa shape index (κ3) is 8.18. The lowest BCUT2D eigenvalue weighted by molar-refractivity contribution is -0.141. The number of aliphatic imine (C=N–C) groups is 1. The number of rotatable bonds is 12. The minimum absolute atomic E-state index is 0.213. The molecule has 11 heteroatoms. The van der Waals surface area contributed by atoms with Crippen LogP contribution in [-0.2, 0) is 28.9 Å². The number of nitrogens with zero attached hydrogens (tertiary/aromatic N) is 5. The first-order valence-electron chi connectivity index (χ1n) is 15.3. The number of ether oxygens (including phenoxy) is 1. The number of nitrogens with one attached hydrogen (secondary N) is 3. The summed E-state index contributed by atoms with van der Waals surface area (Å²) in [4.78, 5) is 33.7. The van der Waals surface area contributed by atoms with Crippen molar-refractivity contribution in [2.45, 2.75) is 44.7 Å². The normalized spacial score (nSPS) is 15.1. The first-order chi connectivity index (χ1) is 22.0. The molecule has 10 nitrogen and oxygen atoms in total. The van der Waals surface area contributed by atoms with Crippen LogP contribution in [0.5, 0.6) is 0 Å². The van der Waals surface area contributed by atoms with Gasteiger partial charge in [-0.25, -0.2) is 9.18 Å². The Morgan fingerprint density at radius 2 is 1.69 bits per heavy atom. The van der Waals surface area contributed by atoms with Gasteiger partial charge in [-0.3, -0.25) is 9.89 Å². The summed E-state index contributed by atoms with van der Waals surface area (Å²) in [7, 11) is 1.36. The molecule has 0 amide bonds. The van der Waals surface area contributed by atoms with Gasteiger partial charge in [0.15, 0.2) is 0 Å². The van der Waals surface area contributed by atoms with E-state index in [0.717, 1.165) is 42.2 Å². The van der Waals surface area contributed by atoms with E-state index >= 15 is 0 Å². The second-order valence-electron chi connectivity index (χ2n) is 11.4. The lowest BCUT2D eigenvalue weighted by Gasteiger charge is -2.26. The summed E-state index contributed by atoms with van der Waals surface area (Å²) in [5.41, 5.74) is 5.46. The van der Waals surface area contributed by atoms with Gasteiger partial charge in [-0.05, 0) is 66.9 Å². The van der Waals surface area contributed by atoms with Crippen LogP contribution >= 0.6 is 0 Å². The molecule has 0 bridgehead atoms. The van der Waals surface area contributed by atoms with E-state index in [0.29, 0.717) is 37.0 Å². The Kier molecular flexibility index (Phi) is 9.55.